The first-order valence-electron chi connectivity index (χ1n) is 7.83. The van der Waals surface area contributed by atoms with E-state index in [9.17, 15) is 18.4 Å². The highest BCUT2D eigenvalue weighted by atomic mass is 35.5. The Labute approximate surface area is 153 Å². The summed E-state index contributed by atoms with van der Waals surface area (Å²) >= 11 is 5.98. The summed E-state index contributed by atoms with van der Waals surface area (Å²) in [5.74, 6) is -0.267. The highest BCUT2D eigenvalue weighted by Gasteiger charge is 2.41. The Balaban J connectivity index is 2.20. The molecule has 0 fully saturated rings. The molecule has 140 valence electrons. The molecule has 1 aromatic heterocycles. The lowest BCUT2D eigenvalue weighted by molar-refractivity contribution is -0.380. The van der Waals surface area contributed by atoms with Gasteiger partial charge >= 0.3 is 12.1 Å². The maximum atomic E-state index is 13.4. The van der Waals surface area contributed by atoms with E-state index in [4.69, 9.17) is 16.3 Å². The van der Waals surface area contributed by atoms with Crippen molar-refractivity contribution in [3.05, 3.63) is 50.9 Å². The molecule has 0 aliphatic carbocycles. The second-order valence-corrected chi connectivity index (χ2v) is 7.55. The molecule has 0 saturated carbocycles. The van der Waals surface area contributed by atoms with Crippen molar-refractivity contribution < 1.29 is 22.6 Å². The first kappa shape index (κ1) is 18.6. The molecule has 0 bridgehead atoms. The molecule has 0 N–H and O–H groups in total. The fourth-order valence-corrected chi connectivity index (χ4v) is 3.18. The number of hydrogen-bond donors (Lipinski definition) is 0. The topological polar surface area (TPSA) is 53.1 Å². The second kappa shape index (κ2) is 5.90. The summed E-state index contributed by atoms with van der Waals surface area (Å²) in [5, 5.41) is 17.2. The van der Waals surface area contributed by atoms with Crippen molar-refractivity contribution in [2.24, 2.45) is 0 Å². The third-order valence-corrected chi connectivity index (χ3v) is 4.17. The van der Waals surface area contributed by atoms with E-state index in [1.165, 1.54) is 0 Å². The lowest BCUT2D eigenvalue weighted by Gasteiger charge is -2.23. The second-order valence-electron chi connectivity index (χ2n) is 7.11. The molecule has 0 amide bonds. The number of hydrogen-bond acceptors (Lipinski definition) is 3. The monoisotopic (exact) mass is 387 g/mol. The maximum Gasteiger partial charge on any atom is 0.433 e. The van der Waals surface area contributed by atoms with Crippen LogP contribution in [0.15, 0.2) is 18.2 Å². The van der Waals surface area contributed by atoms with Gasteiger partial charge in [-0.15, -0.1) is 4.74 Å². The number of fused-ring (bicyclic) bond motifs is 1. The van der Waals surface area contributed by atoms with E-state index in [-0.39, 0.29) is 18.2 Å². The smallest absolute Gasteiger partial charge is 0.433 e. The normalized spacial score (nSPS) is 15.1. The summed E-state index contributed by atoms with van der Waals surface area (Å²) < 4.78 is 46.9. The number of halogens is 4. The van der Waals surface area contributed by atoms with Crippen LogP contribution in [0.3, 0.4) is 0 Å². The van der Waals surface area contributed by atoms with E-state index >= 15 is 0 Å². The number of alkyl halides is 3. The minimum atomic E-state index is -4.61. The van der Waals surface area contributed by atoms with Gasteiger partial charge in [0.15, 0.2) is 5.69 Å². The van der Waals surface area contributed by atoms with E-state index in [2.05, 4.69) is 5.10 Å². The van der Waals surface area contributed by atoms with Crippen molar-refractivity contribution in [2.45, 2.75) is 46.0 Å². The predicted molar refractivity (Wildman–Crippen MR) is 90.6 cm³/mol. The third kappa shape index (κ3) is 3.13. The number of ether oxygens (including phenoxy) is 1. The molecule has 0 atom stereocenters. The van der Waals surface area contributed by atoms with Crippen LogP contribution in [0.4, 0.5) is 18.9 Å². The molecule has 26 heavy (non-hydrogen) atoms. The van der Waals surface area contributed by atoms with Crippen molar-refractivity contribution in [3.63, 3.8) is 0 Å². The Hall–Kier alpha value is -2.22. The van der Waals surface area contributed by atoms with Crippen LogP contribution in [-0.2, 0) is 23.1 Å². The fraction of sp³-hybridized carbons (Fsp3) is 0.412. The molecular formula is C17H17ClF3N3O2. The fourth-order valence-electron chi connectivity index (χ4n) is 2.89. The van der Waals surface area contributed by atoms with Crippen LogP contribution < -0.4 is 0 Å². The molecule has 3 rings (SSSR count). The molecular weight excluding hydrogens is 371 g/mol. The molecule has 0 unspecified atom stereocenters. The van der Waals surface area contributed by atoms with Gasteiger partial charge in [-0.3, -0.25) is 4.68 Å². The zero-order valence-electron chi connectivity index (χ0n) is 14.6. The zero-order valence-corrected chi connectivity index (χ0v) is 15.4. The predicted octanol–water partition coefficient (Wildman–Crippen LogP) is 4.74. The van der Waals surface area contributed by atoms with Crippen molar-refractivity contribution in [1.82, 2.24) is 9.78 Å². The van der Waals surface area contributed by atoms with Gasteiger partial charge in [-0.25, -0.2) is 0 Å². The van der Waals surface area contributed by atoms with Crippen LogP contribution >= 0.6 is 11.6 Å². The first-order valence-corrected chi connectivity index (χ1v) is 8.21. The number of rotatable bonds is 1. The van der Waals surface area contributed by atoms with Crippen LogP contribution in [0.25, 0.3) is 0 Å². The highest BCUT2D eigenvalue weighted by molar-refractivity contribution is 6.30. The Morgan fingerprint density at radius 2 is 1.88 bits per heavy atom. The largest absolute Gasteiger partial charge is 0.616 e. The van der Waals surface area contributed by atoms with Crippen molar-refractivity contribution in [1.29, 1.82) is 0 Å². The summed E-state index contributed by atoms with van der Waals surface area (Å²) in [7, 11) is 0. The van der Waals surface area contributed by atoms with Gasteiger partial charge in [0.1, 0.15) is 12.3 Å². The SMILES string of the molecule is Cc1cc(Cl)cc2c1[N+]([O-])=C(c1cc(C(F)(F)F)n(C(C)(C)C)n1)OC2. The number of benzene rings is 1. The molecule has 9 heteroatoms. The molecule has 0 spiro atoms. The minimum absolute atomic E-state index is 0.0224. The lowest BCUT2D eigenvalue weighted by atomic mass is 10.1. The summed E-state index contributed by atoms with van der Waals surface area (Å²) in [6.45, 7) is 6.52. The zero-order chi connectivity index (χ0) is 19.4. The van der Waals surface area contributed by atoms with Gasteiger partial charge in [-0.05, 0) is 39.8 Å². The van der Waals surface area contributed by atoms with E-state index in [0.717, 1.165) is 10.7 Å². The molecule has 1 aromatic carbocycles. The Kier molecular flexibility index (Phi) is 4.22. The molecule has 1 aliphatic heterocycles. The van der Waals surface area contributed by atoms with Crippen LogP contribution in [0.5, 0.6) is 0 Å². The average Bonchev–Trinajstić information content (AvgIpc) is 2.92. The Morgan fingerprint density at radius 3 is 2.42 bits per heavy atom. The first-order chi connectivity index (χ1) is 11.9. The molecule has 0 radical (unpaired) electrons. The van der Waals surface area contributed by atoms with E-state index in [0.29, 0.717) is 26.6 Å². The summed E-state index contributed by atoms with van der Waals surface area (Å²) in [5.41, 5.74) is -0.539. The van der Waals surface area contributed by atoms with Gasteiger partial charge in [-0.2, -0.15) is 18.3 Å². The molecule has 2 aromatic rings. The standard InChI is InChI=1S/C17H17ClF3N3O2/c1-9-5-11(18)6-10-8-26-15(23(25)14(9)10)12-7-13(17(19,20)21)24(22-12)16(2,3)4/h5-7H,8H2,1-4H3. The summed E-state index contributed by atoms with van der Waals surface area (Å²) in [6.07, 6.45) is -4.61. The van der Waals surface area contributed by atoms with E-state index in [1.54, 1.807) is 39.8 Å². The van der Waals surface area contributed by atoms with Crippen molar-refractivity contribution in [2.75, 3.05) is 0 Å². The Morgan fingerprint density at radius 1 is 1.23 bits per heavy atom. The van der Waals surface area contributed by atoms with Crippen LogP contribution in [0, 0.1) is 12.1 Å². The maximum absolute atomic E-state index is 13.4. The molecule has 1 aliphatic rings. The summed E-state index contributed by atoms with van der Waals surface area (Å²) in [6, 6.07) is 4.05. The van der Waals surface area contributed by atoms with Crippen molar-refractivity contribution >= 4 is 23.2 Å². The minimum Gasteiger partial charge on any atom is -0.616 e. The van der Waals surface area contributed by atoms with Gasteiger partial charge < -0.3 is 9.94 Å². The van der Waals surface area contributed by atoms with Crippen LogP contribution in [-0.4, -0.2) is 20.4 Å². The third-order valence-electron chi connectivity index (χ3n) is 3.95. The number of aryl methyl sites for hydroxylation is 1. The lowest BCUT2D eigenvalue weighted by Crippen LogP contribution is -2.29. The van der Waals surface area contributed by atoms with E-state index < -0.39 is 17.4 Å². The molecule has 5 nitrogen and oxygen atoms in total. The number of aromatic nitrogens is 2. The van der Waals surface area contributed by atoms with Gasteiger partial charge in [0.25, 0.3) is 0 Å². The van der Waals surface area contributed by atoms with Gasteiger partial charge in [0.05, 0.1) is 11.1 Å². The highest BCUT2D eigenvalue weighted by Crippen LogP contribution is 2.35. The van der Waals surface area contributed by atoms with E-state index in [1.807, 2.05) is 0 Å². The average molecular weight is 388 g/mol. The van der Waals surface area contributed by atoms with Crippen LogP contribution in [0.2, 0.25) is 5.02 Å². The van der Waals surface area contributed by atoms with Gasteiger partial charge in [0.2, 0.25) is 5.69 Å². The quantitative estimate of drug-likeness (QED) is 0.524. The van der Waals surface area contributed by atoms with Crippen LogP contribution in [0.1, 0.15) is 43.3 Å². The number of nitrogens with zero attached hydrogens (tertiary/aromatic N) is 3. The molecule has 0 saturated heterocycles. The molecule has 2 heterocycles. The van der Waals surface area contributed by atoms with Gasteiger partial charge in [0, 0.05) is 16.7 Å². The van der Waals surface area contributed by atoms with Crippen molar-refractivity contribution in [3.8, 4) is 0 Å². The van der Waals surface area contributed by atoms with Gasteiger partial charge in [-0.1, -0.05) is 11.6 Å². The summed E-state index contributed by atoms with van der Waals surface area (Å²) in [4.78, 5) is 0. The Bertz CT molecular complexity index is 880.